The molecule has 0 aliphatic rings. The van der Waals surface area contributed by atoms with Crippen LogP contribution in [0.3, 0.4) is 0 Å². The fourth-order valence-corrected chi connectivity index (χ4v) is 3.28. The molecular weight excluding hydrogens is 380 g/mol. The van der Waals surface area contributed by atoms with Crippen molar-refractivity contribution in [1.82, 2.24) is 9.55 Å². The summed E-state index contributed by atoms with van der Waals surface area (Å²) in [5.41, 5.74) is 2.77. The Labute approximate surface area is 175 Å². The van der Waals surface area contributed by atoms with Crippen molar-refractivity contribution in [3.05, 3.63) is 90.3 Å². The molecule has 3 aromatic carbocycles. The number of aromatic nitrogens is 2. The zero-order valence-corrected chi connectivity index (χ0v) is 16.5. The normalized spacial score (nSPS) is 12.1. The first-order chi connectivity index (χ1) is 14.7. The summed E-state index contributed by atoms with van der Waals surface area (Å²) in [6, 6.07) is 24.9. The third kappa shape index (κ3) is 4.79. The molecule has 6 nitrogen and oxygen atoms in total. The quantitative estimate of drug-likeness (QED) is 0.446. The van der Waals surface area contributed by atoms with Crippen molar-refractivity contribution >= 4 is 11.0 Å². The molecule has 0 amide bonds. The highest BCUT2D eigenvalue weighted by Gasteiger charge is 2.14. The van der Waals surface area contributed by atoms with Gasteiger partial charge >= 0.3 is 0 Å². The zero-order valence-electron chi connectivity index (χ0n) is 16.5. The predicted molar refractivity (Wildman–Crippen MR) is 114 cm³/mol. The number of nitrogens with zero attached hydrogens (tertiary/aromatic N) is 2. The minimum atomic E-state index is -0.748. The molecule has 0 radical (unpaired) electrons. The highest BCUT2D eigenvalue weighted by molar-refractivity contribution is 5.75. The van der Waals surface area contributed by atoms with Crippen molar-refractivity contribution in [1.29, 1.82) is 0 Å². The van der Waals surface area contributed by atoms with Gasteiger partial charge in [-0.3, -0.25) is 0 Å². The topological polar surface area (TPSA) is 76.7 Å². The lowest BCUT2D eigenvalue weighted by molar-refractivity contribution is 0.0914. The van der Waals surface area contributed by atoms with Crippen LogP contribution in [0, 0.1) is 0 Å². The summed E-state index contributed by atoms with van der Waals surface area (Å²) in [4.78, 5) is 4.40. The van der Waals surface area contributed by atoms with Gasteiger partial charge in [-0.25, -0.2) is 4.98 Å². The molecule has 0 saturated carbocycles. The van der Waals surface area contributed by atoms with Gasteiger partial charge in [-0.1, -0.05) is 42.5 Å². The summed E-state index contributed by atoms with van der Waals surface area (Å²) in [5, 5.41) is 20.0. The van der Waals surface area contributed by atoms with Gasteiger partial charge in [-0.2, -0.15) is 0 Å². The van der Waals surface area contributed by atoms with Crippen LogP contribution >= 0.6 is 0 Å². The van der Waals surface area contributed by atoms with E-state index in [0.717, 1.165) is 22.3 Å². The second-order valence-electron chi connectivity index (χ2n) is 7.00. The fourth-order valence-electron chi connectivity index (χ4n) is 3.28. The summed E-state index contributed by atoms with van der Waals surface area (Å²) in [6.45, 7) is 0.731. The zero-order chi connectivity index (χ0) is 20.8. The van der Waals surface area contributed by atoms with Gasteiger partial charge in [0.15, 0.2) is 0 Å². The molecule has 154 valence electrons. The maximum Gasteiger partial charge on any atom is 0.135 e. The minimum Gasteiger partial charge on any atom is -0.491 e. The van der Waals surface area contributed by atoms with Crippen LogP contribution in [0.25, 0.3) is 11.0 Å². The van der Waals surface area contributed by atoms with Crippen molar-refractivity contribution in [3.8, 4) is 11.5 Å². The molecule has 0 saturated heterocycles. The fraction of sp³-hybridized carbons (Fsp3) is 0.208. The Hall–Kier alpha value is -3.35. The highest BCUT2D eigenvalue weighted by atomic mass is 16.5. The van der Waals surface area contributed by atoms with E-state index in [9.17, 15) is 10.2 Å². The van der Waals surface area contributed by atoms with Gasteiger partial charge < -0.3 is 24.3 Å². The van der Waals surface area contributed by atoms with Gasteiger partial charge in [0.25, 0.3) is 0 Å². The largest absolute Gasteiger partial charge is 0.491 e. The number of rotatable bonds is 9. The van der Waals surface area contributed by atoms with E-state index >= 15 is 0 Å². The molecule has 30 heavy (non-hydrogen) atoms. The molecule has 0 unspecified atom stereocenters. The number of aliphatic hydroxyl groups is 2. The van der Waals surface area contributed by atoms with Crippen LogP contribution < -0.4 is 9.47 Å². The summed E-state index contributed by atoms with van der Waals surface area (Å²) in [5.74, 6) is 1.93. The van der Waals surface area contributed by atoms with E-state index in [1.54, 1.807) is 0 Å². The molecule has 6 heteroatoms. The molecule has 4 rings (SSSR count). The molecule has 1 aromatic heterocycles. The third-order valence-electron chi connectivity index (χ3n) is 4.78. The monoisotopic (exact) mass is 404 g/mol. The minimum absolute atomic E-state index is 0.127. The summed E-state index contributed by atoms with van der Waals surface area (Å²) in [7, 11) is 0. The first-order valence-corrected chi connectivity index (χ1v) is 9.85. The van der Waals surface area contributed by atoms with E-state index < -0.39 is 6.10 Å². The molecular formula is C24H24N2O4. The molecule has 2 N–H and O–H groups in total. The second-order valence-corrected chi connectivity index (χ2v) is 7.00. The van der Waals surface area contributed by atoms with E-state index in [1.165, 1.54) is 0 Å². The predicted octanol–water partition coefficient (Wildman–Crippen LogP) is 3.55. The van der Waals surface area contributed by atoms with Gasteiger partial charge in [0.05, 0.1) is 17.6 Å². The number of hydrogen-bond donors (Lipinski definition) is 2. The van der Waals surface area contributed by atoms with Crippen molar-refractivity contribution in [2.24, 2.45) is 0 Å². The van der Waals surface area contributed by atoms with Gasteiger partial charge in [0, 0.05) is 0 Å². The Morgan fingerprint density at radius 3 is 2.23 bits per heavy atom. The van der Waals surface area contributed by atoms with Crippen LogP contribution in [0.2, 0.25) is 0 Å². The number of fused-ring (bicyclic) bond motifs is 1. The van der Waals surface area contributed by atoms with E-state index in [-0.39, 0.29) is 19.8 Å². The summed E-state index contributed by atoms with van der Waals surface area (Å²) >= 11 is 0. The standard InChI is InChI=1S/C24H24N2O4/c27-15-24-25-22-8-4-5-9-23(22)26(24)14-19(28)17-30-21-12-10-20(11-13-21)29-16-18-6-2-1-3-7-18/h1-13,19,27-28H,14-17H2/t19-/m0/s1. The maximum absolute atomic E-state index is 10.4. The van der Waals surface area contributed by atoms with Crippen LogP contribution in [-0.4, -0.2) is 32.5 Å². The SMILES string of the molecule is OCc1nc2ccccc2n1C[C@H](O)COc1ccc(OCc2ccccc2)cc1. The number of hydrogen-bond acceptors (Lipinski definition) is 5. The highest BCUT2D eigenvalue weighted by Crippen LogP contribution is 2.20. The molecule has 1 heterocycles. The van der Waals surface area contributed by atoms with E-state index in [4.69, 9.17) is 9.47 Å². The van der Waals surface area contributed by atoms with E-state index in [1.807, 2.05) is 83.4 Å². The van der Waals surface area contributed by atoms with E-state index in [0.29, 0.717) is 18.2 Å². The first kappa shape index (κ1) is 19.9. The Balaban J connectivity index is 1.31. The lowest BCUT2D eigenvalue weighted by atomic mass is 10.2. The maximum atomic E-state index is 10.4. The number of aliphatic hydroxyl groups excluding tert-OH is 2. The van der Waals surface area contributed by atoms with Crippen LogP contribution in [0.1, 0.15) is 11.4 Å². The van der Waals surface area contributed by atoms with Gasteiger partial charge in [-0.05, 0) is 42.0 Å². The Kier molecular flexibility index (Phi) is 6.27. The molecule has 1 atom stereocenters. The van der Waals surface area contributed by atoms with Crippen LogP contribution in [-0.2, 0) is 19.8 Å². The van der Waals surface area contributed by atoms with Crippen molar-refractivity contribution in [2.45, 2.75) is 25.9 Å². The Morgan fingerprint density at radius 1 is 0.833 bits per heavy atom. The second kappa shape index (κ2) is 9.43. The smallest absolute Gasteiger partial charge is 0.135 e. The Morgan fingerprint density at radius 2 is 1.50 bits per heavy atom. The van der Waals surface area contributed by atoms with Gasteiger partial charge in [-0.15, -0.1) is 0 Å². The molecule has 0 aliphatic heterocycles. The van der Waals surface area contributed by atoms with Crippen LogP contribution in [0.5, 0.6) is 11.5 Å². The number of para-hydroxylation sites is 2. The summed E-state index contributed by atoms with van der Waals surface area (Å²) < 4.78 is 13.3. The molecule has 0 fully saturated rings. The van der Waals surface area contributed by atoms with E-state index in [2.05, 4.69) is 4.98 Å². The Bertz CT molecular complexity index is 1080. The molecule has 0 spiro atoms. The van der Waals surface area contributed by atoms with Crippen molar-refractivity contribution < 1.29 is 19.7 Å². The van der Waals surface area contributed by atoms with Crippen molar-refractivity contribution in [3.63, 3.8) is 0 Å². The van der Waals surface area contributed by atoms with Crippen LogP contribution in [0.4, 0.5) is 0 Å². The van der Waals surface area contributed by atoms with Gasteiger partial charge in [0.2, 0.25) is 0 Å². The lowest BCUT2D eigenvalue weighted by Crippen LogP contribution is -2.24. The average Bonchev–Trinajstić information content (AvgIpc) is 3.15. The number of ether oxygens (including phenoxy) is 2. The third-order valence-corrected chi connectivity index (χ3v) is 4.78. The van der Waals surface area contributed by atoms with Crippen molar-refractivity contribution in [2.75, 3.05) is 6.61 Å². The number of benzene rings is 3. The first-order valence-electron chi connectivity index (χ1n) is 9.85. The average molecular weight is 404 g/mol. The molecule has 4 aromatic rings. The molecule has 0 aliphatic carbocycles. The van der Waals surface area contributed by atoms with Crippen LogP contribution in [0.15, 0.2) is 78.9 Å². The summed E-state index contributed by atoms with van der Waals surface area (Å²) in [6.07, 6.45) is -0.748. The molecule has 0 bridgehead atoms. The lowest BCUT2D eigenvalue weighted by Gasteiger charge is -2.15. The van der Waals surface area contributed by atoms with Gasteiger partial charge in [0.1, 0.15) is 43.2 Å². The number of imidazole rings is 1.